The van der Waals surface area contributed by atoms with E-state index in [2.05, 4.69) is 53.7 Å². The molecule has 0 saturated heterocycles. The van der Waals surface area contributed by atoms with Crippen molar-refractivity contribution >= 4 is 65.2 Å². The molecule has 2 aliphatic heterocycles. The van der Waals surface area contributed by atoms with Crippen LogP contribution < -0.4 is 29.6 Å². The second-order valence-corrected chi connectivity index (χ2v) is 16.9. The molecule has 1 atom stereocenters. The first-order valence-corrected chi connectivity index (χ1v) is 19.2. The molecule has 2 aromatic heterocycles. The number of rotatable bonds is 10. The highest BCUT2D eigenvalue weighted by Crippen LogP contribution is 2.44. The van der Waals surface area contributed by atoms with Gasteiger partial charge in [-0.2, -0.15) is 0 Å². The molecule has 0 radical (unpaired) electrons. The maximum atomic E-state index is 12.9. The molecule has 2 aliphatic rings. The number of para-hydroxylation sites is 2. The molecule has 0 bridgehead atoms. The van der Waals surface area contributed by atoms with Crippen molar-refractivity contribution in [2.45, 2.75) is 72.0 Å². The molecule has 6 aromatic rings. The first-order valence-electron chi connectivity index (χ1n) is 17.5. The van der Waals surface area contributed by atoms with Gasteiger partial charge in [-0.05, 0) is 88.1 Å². The summed E-state index contributed by atoms with van der Waals surface area (Å²) < 4.78 is 26.6. The molecule has 10 nitrogen and oxygen atoms in total. The Labute approximate surface area is 315 Å². The smallest absolute Gasteiger partial charge is 0.264 e. The summed E-state index contributed by atoms with van der Waals surface area (Å²) >= 11 is 2.88. The number of nitrogens with one attached hydrogen (secondary N) is 2. The summed E-state index contributed by atoms with van der Waals surface area (Å²) in [6.45, 7) is 11.9. The number of hydrogen-bond donors (Lipinski definition) is 2. The Morgan fingerprint density at radius 1 is 0.736 bits per heavy atom. The van der Waals surface area contributed by atoms with Crippen LogP contribution in [0.5, 0.6) is 23.0 Å². The summed E-state index contributed by atoms with van der Waals surface area (Å²) in [7, 11) is 0. The fourth-order valence-corrected chi connectivity index (χ4v) is 9.37. The molecule has 2 amide bonds. The first kappa shape index (κ1) is 34.9. The van der Waals surface area contributed by atoms with Crippen molar-refractivity contribution in [1.29, 1.82) is 0 Å². The number of aromatic nitrogens is 2. The van der Waals surface area contributed by atoms with E-state index in [1.165, 1.54) is 22.7 Å². The zero-order valence-electron chi connectivity index (χ0n) is 30.5. The van der Waals surface area contributed by atoms with Gasteiger partial charge in [0.2, 0.25) is 0 Å². The summed E-state index contributed by atoms with van der Waals surface area (Å²) in [5.41, 5.74) is 7.36. The molecule has 4 heterocycles. The first-order chi connectivity index (χ1) is 25.3. The molecule has 8 rings (SSSR count). The molecule has 0 spiro atoms. The predicted octanol–water partition coefficient (Wildman–Crippen LogP) is 8.52. The molecule has 53 heavy (non-hydrogen) atoms. The van der Waals surface area contributed by atoms with Crippen LogP contribution in [0.4, 0.5) is 10.3 Å². The molecule has 2 N–H and O–H groups in total. The zero-order valence-corrected chi connectivity index (χ0v) is 32.1. The lowest BCUT2D eigenvalue weighted by Crippen LogP contribution is -2.33. The van der Waals surface area contributed by atoms with E-state index in [0.29, 0.717) is 46.1 Å². The minimum Gasteiger partial charge on any atom is -0.483 e. The molecular formula is C41H40N4O6S2. The lowest BCUT2D eigenvalue weighted by Gasteiger charge is -2.24. The number of amides is 2. The SMILES string of the molecule is Cc1cc(C)c2nc(NC(=O)COc3cccc4c3OC(C)(Cc3cc(C)c5nc(NC(=O)COc6cccc7c6OC(C)(C)C7)sc5c3)C4)sc2c1. The number of ether oxygens (including phenoxy) is 4. The Balaban J connectivity index is 0.893. The fraction of sp³-hybridized carbons (Fsp3) is 0.317. The largest absolute Gasteiger partial charge is 0.483 e. The standard InChI is InChI=1S/C41H40N4O6S2/c1-22-13-23(2)34-30(14-22)52-38(44-34)42-33(47)21-49-29-12-8-10-27-19-41(6,51-37(27)29)17-25-15-24(3)35-31(16-25)53-39(45-35)43-32(46)20-48-28-11-7-9-26-18-40(4,5)50-36(26)28/h7-16H,17-21H2,1-6H3,(H,42,44,47)(H,43,45,46). The van der Waals surface area contributed by atoms with Gasteiger partial charge < -0.3 is 18.9 Å². The van der Waals surface area contributed by atoms with E-state index in [9.17, 15) is 9.59 Å². The molecule has 12 heteroatoms. The van der Waals surface area contributed by atoms with Crippen LogP contribution in [0.3, 0.4) is 0 Å². The maximum absolute atomic E-state index is 12.9. The Kier molecular flexibility index (Phi) is 8.77. The summed E-state index contributed by atoms with van der Waals surface area (Å²) in [6, 6.07) is 20.0. The van der Waals surface area contributed by atoms with Gasteiger partial charge in [0, 0.05) is 30.4 Å². The lowest BCUT2D eigenvalue weighted by atomic mass is 9.91. The summed E-state index contributed by atoms with van der Waals surface area (Å²) in [5, 5.41) is 6.85. The van der Waals surface area contributed by atoms with Crippen molar-refractivity contribution in [3.05, 3.63) is 94.0 Å². The van der Waals surface area contributed by atoms with Gasteiger partial charge in [-0.3, -0.25) is 20.2 Å². The van der Waals surface area contributed by atoms with Gasteiger partial charge in [-0.1, -0.05) is 59.1 Å². The van der Waals surface area contributed by atoms with Crippen LogP contribution in [-0.2, 0) is 28.9 Å². The van der Waals surface area contributed by atoms with Gasteiger partial charge in [-0.15, -0.1) is 0 Å². The Hall–Kier alpha value is -5.20. The van der Waals surface area contributed by atoms with Gasteiger partial charge in [0.1, 0.15) is 11.2 Å². The van der Waals surface area contributed by atoms with Crippen molar-refractivity contribution in [1.82, 2.24) is 9.97 Å². The van der Waals surface area contributed by atoms with Crippen LogP contribution >= 0.6 is 22.7 Å². The van der Waals surface area contributed by atoms with Gasteiger partial charge in [0.15, 0.2) is 46.5 Å². The molecule has 0 saturated carbocycles. The van der Waals surface area contributed by atoms with Crippen molar-refractivity contribution in [2.75, 3.05) is 23.8 Å². The van der Waals surface area contributed by atoms with Crippen molar-refractivity contribution in [3.63, 3.8) is 0 Å². The van der Waals surface area contributed by atoms with Crippen LogP contribution in [0.15, 0.2) is 60.7 Å². The average molecular weight is 749 g/mol. The quantitative estimate of drug-likeness (QED) is 0.143. The van der Waals surface area contributed by atoms with Gasteiger partial charge in [0.05, 0.1) is 20.4 Å². The summed E-state index contributed by atoms with van der Waals surface area (Å²) in [4.78, 5) is 35.1. The number of fused-ring (bicyclic) bond motifs is 4. The lowest BCUT2D eigenvalue weighted by molar-refractivity contribution is -0.118. The Morgan fingerprint density at radius 3 is 1.91 bits per heavy atom. The average Bonchev–Trinajstić information content (AvgIpc) is 3.84. The maximum Gasteiger partial charge on any atom is 0.264 e. The Bertz CT molecular complexity index is 2430. The van der Waals surface area contributed by atoms with E-state index in [-0.39, 0.29) is 30.6 Å². The highest BCUT2D eigenvalue weighted by Gasteiger charge is 2.37. The fourth-order valence-electron chi connectivity index (χ4n) is 7.29. The summed E-state index contributed by atoms with van der Waals surface area (Å²) in [6.07, 6.45) is 2.12. The monoisotopic (exact) mass is 748 g/mol. The van der Waals surface area contributed by atoms with E-state index in [0.717, 1.165) is 60.2 Å². The zero-order chi connectivity index (χ0) is 37.1. The molecule has 0 aliphatic carbocycles. The highest BCUT2D eigenvalue weighted by atomic mass is 32.1. The minimum atomic E-state index is -0.531. The molecule has 1 unspecified atom stereocenters. The number of carbonyl (C=O) groups is 2. The third-order valence-electron chi connectivity index (χ3n) is 9.39. The predicted molar refractivity (Wildman–Crippen MR) is 209 cm³/mol. The van der Waals surface area contributed by atoms with Crippen molar-refractivity contribution in [3.8, 4) is 23.0 Å². The minimum absolute atomic E-state index is 0.157. The second-order valence-electron chi connectivity index (χ2n) is 14.8. The number of anilines is 2. The number of nitrogens with zero attached hydrogens (tertiary/aromatic N) is 2. The normalized spacial score (nSPS) is 16.9. The third kappa shape index (κ3) is 7.25. The topological polar surface area (TPSA) is 121 Å². The second kappa shape index (κ2) is 13.3. The van der Waals surface area contributed by atoms with Crippen LogP contribution in [-0.4, -0.2) is 46.2 Å². The van der Waals surface area contributed by atoms with E-state index < -0.39 is 5.60 Å². The van der Waals surface area contributed by atoms with Crippen LogP contribution in [0.2, 0.25) is 0 Å². The summed E-state index contributed by atoms with van der Waals surface area (Å²) in [5.74, 6) is 1.88. The van der Waals surface area contributed by atoms with Gasteiger partial charge in [0.25, 0.3) is 11.8 Å². The molecule has 4 aromatic carbocycles. The number of carbonyl (C=O) groups excluding carboxylic acids is 2. The molecular weight excluding hydrogens is 709 g/mol. The van der Waals surface area contributed by atoms with Gasteiger partial charge in [-0.25, -0.2) is 9.97 Å². The number of aryl methyl sites for hydroxylation is 3. The third-order valence-corrected chi connectivity index (χ3v) is 11.2. The van der Waals surface area contributed by atoms with Crippen LogP contribution in [0, 0.1) is 20.8 Å². The van der Waals surface area contributed by atoms with Crippen molar-refractivity contribution in [2.24, 2.45) is 0 Å². The van der Waals surface area contributed by atoms with Crippen LogP contribution in [0.25, 0.3) is 20.4 Å². The molecule has 0 fully saturated rings. The van der Waals surface area contributed by atoms with E-state index in [1.54, 1.807) is 0 Å². The van der Waals surface area contributed by atoms with Gasteiger partial charge >= 0.3 is 0 Å². The number of hydrogen-bond acceptors (Lipinski definition) is 10. The number of thiazole rings is 2. The highest BCUT2D eigenvalue weighted by molar-refractivity contribution is 7.22. The molecule has 272 valence electrons. The van der Waals surface area contributed by atoms with Crippen LogP contribution in [0.1, 0.15) is 54.2 Å². The van der Waals surface area contributed by atoms with E-state index in [1.807, 2.05) is 64.1 Å². The van der Waals surface area contributed by atoms with E-state index >= 15 is 0 Å². The van der Waals surface area contributed by atoms with E-state index in [4.69, 9.17) is 23.9 Å². The van der Waals surface area contributed by atoms with Crippen molar-refractivity contribution < 1.29 is 28.5 Å². The number of benzene rings is 4. The Morgan fingerprint density at radius 2 is 1.28 bits per heavy atom.